The van der Waals surface area contributed by atoms with Crippen molar-refractivity contribution in [1.82, 2.24) is 15.2 Å². The summed E-state index contributed by atoms with van der Waals surface area (Å²) < 4.78 is 5.43. The summed E-state index contributed by atoms with van der Waals surface area (Å²) in [7, 11) is 1.57. The summed E-state index contributed by atoms with van der Waals surface area (Å²) in [6.07, 6.45) is 7.00. The molecule has 3 aromatic rings. The van der Waals surface area contributed by atoms with Gasteiger partial charge in [0.2, 0.25) is 11.8 Å². The Balaban J connectivity index is 1.32. The number of aromatic amines is 1. The highest BCUT2D eigenvalue weighted by atomic mass is 16.5. The Labute approximate surface area is 232 Å². The van der Waals surface area contributed by atoms with Crippen LogP contribution < -0.4 is 15.4 Å². The molecule has 40 heavy (non-hydrogen) atoms. The molecule has 1 spiro atoms. The van der Waals surface area contributed by atoms with Gasteiger partial charge in [-0.05, 0) is 55.5 Å². The molecule has 3 amide bonds. The second kappa shape index (κ2) is 10.2. The standard InChI is InChI=1S/C31H31N5O4/c1-40-27-13-7-12-23-21(27)15-25(33-23)28(37)34-26(14-19-8-3-2-4-9-19)29(38)36-18-31(16-20(36)17-32)22-10-5-6-11-24(22)35-30(31)39/h5-7,10-15,20,26,33H,2-4,8-9,16,18H2,1H3,(H,34,37)(H,35,39)/t20-,26?,31-/m0/s1. The number of hydrogen-bond donors (Lipinski definition) is 3. The van der Waals surface area contributed by atoms with Crippen molar-refractivity contribution in [2.75, 3.05) is 19.0 Å². The molecule has 3 aliphatic rings. The monoisotopic (exact) mass is 537 g/mol. The third-order valence-corrected chi connectivity index (χ3v) is 8.46. The number of nitrogens with one attached hydrogen (secondary N) is 3. The first-order chi connectivity index (χ1) is 19.4. The smallest absolute Gasteiger partial charge is 0.268 e. The number of para-hydroxylation sites is 1. The molecule has 3 atom stereocenters. The van der Waals surface area contributed by atoms with E-state index in [0.717, 1.165) is 54.1 Å². The normalized spacial score (nSPS) is 22.5. The zero-order valence-corrected chi connectivity index (χ0v) is 22.3. The third-order valence-electron chi connectivity index (χ3n) is 8.46. The number of anilines is 1. The number of nitriles is 1. The highest BCUT2D eigenvalue weighted by Crippen LogP contribution is 2.46. The third kappa shape index (κ3) is 4.30. The summed E-state index contributed by atoms with van der Waals surface area (Å²) in [5, 5.41) is 16.7. The largest absolute Gasteiger partial charge is 0.496 e. The van der Waals surface area contributed by atoms with Crippen LogP contribution in [0.1, 0.15) is 54.6 Å². The summed E-state index contributed by atoms with van der Waals surface area (Å²) in [6, 6.07) is 15.1. The Morgan fingerprint density at radius 2 is 1.98 bits per heavy atom. The lowest BCUT2D eigenvalue weighted by Crippen LogP contribution is -2.50. The van der Waals surface area contributed by atoms with Gasteiger partial charge in [-0.3, -0.25) is 14.4 Å². The fourth-order valence-electron chi connectivity index (χ4n) is 6.39. The van der Waals surface area contributed by atoms with Crippen LogP contribution in [0.3, 0.4) is 0 Å². The number of carbonyl (C=O) groups is 3. The minimum Gasteiger partial charge on any atom is -0.496 e. The number of nitrogens with zero attached hydrogens (tertiary/aromatic N) is 2. The number of fused-ring (bicyclic) bond motifs is 3. The van der Waals surface area contributed by atoms with Gasteiger partial charge in [-0.2, -0.15) is 5.26 Å². The molecule has 2 aromatic carbocycles. The van der Waals surface area contributed by atoms with Crippen LogP contribution >= 0.6 is 0 Å². The van der Waals surface area contributed by atoms with E-state index in [2.05, 4.69) is 21.7 Å². The lowest BCUT2D eigenvalue weighted by Gasteiger charge is -2.27. The maximum absolute atomic E-state index is 14.1. The number of ether oxygens (including phenoxy) is 1. The molecule has 0 bridgehead atoms. The van der Waals surface area contributed by atoms with Crippen LogP contribution in [0, 0.1) is 11.3 Å². The number of likely N-dealkylation sites (tertiary alicyclic amines) is 1. The van der Waals surface area contributed by atoms with Gasteiger partial charge in [0.25, 0.3) is 5.91 Å². The van der Waals surface area contributed by atoms with Gasteiger partial charge in [-0.1, -0.05) is 42.3 Å². The number of H-pyrrole nitrogens is 1. The second-order valence-electron chi connectivity index (χ2n) is 10.8. The Morgan fingerprint density at radius 3 is 2.75 bits per heavy atom. The minimum atomic E-state index is -0.993. The van der Waals surface area contributed by atoms with Crippen LogP contribution in [0.25, 0.3) is 10.9 Å². The van der Waals surface area contributed by atoms with E-state index in [1.807, 2.05) is 48.5 Å². The van der Waals surface area contributed by atoms with E-state index in [1.165, 1.54) is 4.90 Å². The van der Waals surface area contributed by atoms with Crippen molar-refractivity contribution in [3.63, 3.8) is 0 Å². The van der Waals surface area contributed by atoms with Crippen molar-refractivity contribution < 1.29 is 19.1 Å². The predicted molar refractivity (Wildman–Crippen MR) is 150 cm³/mol. The van der Waals surface area contributed by atoms with Crippen molar-refractivity contribution >= 4 is 34.3 Å². The lowest BCUT2D eigenvalue weighted by atomic mass is 9.80. The van der Waals surface area contributed by atoms with Crippen LogP contribution in [0.2, 0.25) is 0 Å². The van der Waals surface area contributed by atoms with Gasteiger partial charge in [-0.15, -0.1) is 0 Å². The van der Waals surface area contributed by atoms with Gasteiger partial charge in [0, 0.05) is 29.6 Å². The number of aromatic nitrogens is 1. The molecule has 1 unspecified atom stereocenters. The average molecular weight is 538 g/mol. The van der Waals surface area contributed by atoms with Crippen LogP contribution in [0.4, 0.5) is 5.69 Å². The van der Waals surface area contributed by atoms with Crippen molar-refractivity contribution in [2.24, 2.45) is 0 Å². The quantitative estimate of drug-likeness (QED) is 0.421. The summed E-state index contributed by atoms with van der Waals surface area (Å²) in [6.45, 7) is 0.0754. The molecule has 0 radical (unpaired) electrons. The summed E-state index contributed by atoms with van der Waals surface area (Å²) in [5.74, 6) is -0.391. The first-order valence-corrected chi connectivity index (χ1v) is 13.7. The van der Waals surface area contributed by atoms with Gasteiger partial charge in [0.1, 0.15) is 23.5 Å². The number of rotatable bonds is 5. The number of carbonyl (C=O) groups excluding carboxylic acids is 3. The van der Waals surface area contributed by atoms with Gasteiger partial charge < -0.3 is 25.3 Å². The Kier molecular flexibility index (Phi) is 6.54. The number of amides is 3. The SMILES string of the molecule is COc1cccc2[nH]c(C(=O)NC(C=C3CCCCC3)C(=O)N3C[C@]4(C[C@H]3C#N)C(=O)Nc3ccccc34)cc12. The van der Waals surface area contributed by atoms with E-state index in [0.29, 0.717) is 17.1 Å². The molecule has 6 rings (SSSR count). The molecule has 3 heterocycles. The molecule has 1 aromatic heterocycles. The topological polar surface area (TPSA) is 127 Å². The molecule has 9 nitrogen and oxygen atoms in total. The minimum absolute atomic E-state index is 0.0754. The lowest BCUT2D eigenvalue weighted by molar-refractivity contribution is -0.132. The number of allylic oxidation sites excluding steroid dienone is 1. The summed E-state index contributed by atoms with van der Waals surface area (Å²) in [5.41, 5.74) is 2.69. The van der Waals surface area contributed by atoms with E-state index in [1.54, 1.807) is 13.2 Å². The first kappa shape index (κ1) is 25.7. The molecule has 9 heteroatoms. The summed E-state index contributed by atoms with van der Waals surface area (Å²) in [4.78, 5) is 45.4. The maximum Gasteiger partial charge on any atom is 0.268 e. The summed E-state index contributed by atoms with van der Waals surface area (Å²) >= 11 is 0. The van der Waals surface area contributed by atoms with Crippen molar-refractivity contribution in [3.05, 3.63) is 71.4 Å². The van der Waals surface area contributed by atoms with E-state index in [-0.39, 0.29) is 24.8 Å². The van der Waals surface area contributed by atoms with E-state index >= 15 is 0 Å². The fourth-order valence-corrected chi connectivity index (χ4v) is 6.39. The first-order valence-electron chi connectivity index (χ1n) is 13.7. The Hall–Kier alpha value is -4.58. The highest BCUT2D eigenvalue weighted by molar-refractivity contribution is 6.08. The molecule has 204 valence electrons. The van der Waals surface area contributed by atoms with Gasteiger partial charge in [0.15, 0.2) is 0 Å². The fraction of sp³-hybridized carbons (Fsp3) is 0.355. The number of hydrogen-bond acceptors (Lipinski definition) is 5. The Bertz CT molecular complexity index is 1580. The van der Waals surface area contributed by atoms with Crippen LogP contribution in [-0.2, 0) is 15.0 Å². The molecular weight excluding hydrogens is 506 g/mol. The van der Waals surface area contributed by atoms with Gasteiger partial charge in [-0.25, -0.2) is 0 Å². The second-order valence-corrected chi connectivity index (χ2v) is 10.8. The molecule has 3 N–H and O–H groups in total. The van der Waals surface area contributed by atoms with Crippen molar-refractivity contribution in [1.29, 1.82) is 5.26 Å². The van der Waals surface area contributed by atoms with E-state index < -0.39 is 23.4 Å². The Morgan fingerprint density at radius 1 is 1.18 bits per heavy atom. The number of benzene rings is 2. The maximum atomic E-state index is 14.1. The van der Waals surface area contributed by atoms with Crippen molar-refractivity contribution in [2.45, 2.75) is 56.0 Å². The average Bonchev–Trinajstić information content (AvgIpc) is 3.67. The zero-order valence-electron chi connectivity index (χ0n) is 22.3. The number of methoxy groups -OCH3 is 1. The molecule has 1 aliphatic carbocycles. The highest BCUT2D eigenvalue weighted by Gasteiger charge is 2.56. The van der Waals surface area contributed by atoms with Gasteiger partial charge >= 0.3 is 0 Å². The zero-order chi connectivity index (χ0) is 27.9. The van der Waals surface area contributed by atoms with Crippen LogP contribution in [-0.4, -0.2) is 53.3 Å². The van der Waals surface area contributed by atoms with E-state index in [9.17, 15) is 19.6 Å². The van der Waals surface area contributed by atoms with E-state index in [4.69, 9.17) is 4.74 Å². The molecule has 2 fully saturated rings. The predicted octanol–water partition coefficient (Wildman–Crippen LogP) is 4.18. The van der Waals surface area contributed by atoms with Crippen LogP contribution in [0.5, 0.6) is 5.75 Å². The molecular formula is C31H31N5O4. The molecule has 2 aliphatic heterocycles. The van der Waals surface area contributed by atoms with Crippen LogP contribution in [0.15, 0.2) is 60.2 Å². The van der Waals surface area contributed by atoms with Gasteiger partial charge in [0.05, 0.1) is 18.6 Å². The molecule has 1 saturated carbocycles. The van der Waals surface area contributed by atoms with Crippen molar-refractivity contribution in [3.8, 4) is 11.8 Å². The molecule has 1 saturated heterocycles.